The van der Waals surface area contributed by atoms with Crippen molar-refractivity contribution in [1.82, 2.24) is 10.2 Å². The number of nitrogens with zero attached hydrogens (tertiary/aromatic N) is 2. The number of carbonyl (C=O) groups excluding carboxylic acids is 2. The van der Waals surface area contributed by atoms with Crippen molar-refractivity contribution < 1.29 is 19.1 Å². The number of halogens is 1. The van der Waals surface area contributed by atoms with Crippen molar-refractivity contribution in [1.29, 1.82) is 0 Å². The molecule has 1 N–H and O–H groups in total. The van der Waals surface area contributed by atoms with Crippen molar-refractivity contribution >= 4 is 50.7 Å². The lowest BCUT2D eigenvalue weighted by Crippen LogP contribution is -2.47. The summed E-state index contributed by atoms with van der Waals surface area (Å²) in [4.78, 5) is 30.1. The Morgan fingerprint density at radius 1 is 0.975 bits per heavy atom. The van der Waals surface area contributed by atoms with Gasteiger partial charge >= 0.3 is 6.09 Å². The normalized spacial score (nSPS) is 17.2. The van der Waals surface area contributed by atoms with Gasteiger partial charge < -0.3 is 24.6 Å². The molecule has 5 rings (SSSR count). The van der Waals surface area contributed by atoms with Crippen molar-refractivity contribution in [2.75, 3.05) is 31.1 Å². The van der Waals surface area contributed by atoms with Crippen LogP contribution in [0.3, 0.4) is 0 Å². The van der Waals surface area contributed by atoms with Gasteiger partial charge in [0.1, 0.15) is 22.3 Å². The van der Waals surface area contributed by atoms with Gasteiger partial charge in [-0.25, -0.2) is 4.79 Å². The van der Waals surface area contributed by atoms with Crippen LogP contribution in [-0.2, 0) is 4.74 Å². The van der Waals surface area contributed by atoms with Gasteiger partial charge in [-0.15, -0.1) is 11.3 Å². The monoisotopic (exact) mass is 583 g/mol. The molecule has 214 valence electrons. The molecule has 0 aliphatic carbocycles. The van der Waals surface area contributed by atoms with Gasteiger partial charge in [-0.3, -0.25) is 4.79 Å². The zero-order chi connectivity index (χ0) is 28.4. The Kier molecular flexibility index (Phi) is 8.47. The molecule has 0 atom stereocenters. The fourth-order valence-electron chi connectivity index (χ4n) is 5.23. The van der Waals surface area contributed by atoms with Gasteiger partial charge in [0, 0.05) is 60.8 Å². The molecule has 3 heterocycles. The fourth-order valence-corrected chi connectivity index (χ4v) is 6.68. The molecular formula is C31H38ClN3O4S. The molecule has 2 amide bonds. The lowest BCUT2D eigenvalue weighted by atomic mass is 10.1. The predicted molar refractivity (Wildman–Crippen MR) is 162 cm³/mol. The molecule has 2 aromatic carbocycles. The number of hydrogen-bond acceptors (Lipinski definition) is 6. The summed E-state index contributed by atoms with van der Waals surface area (Å²) in [6.07, 6.45) is 3.11. The number of thiophene rings is 1. The first-order valence-corrected chi connectivity index (χ1v) is 15.2. The van der Waals surface area contributed by atoms with Gasteiger partial charge in [0.05, 0.1) is 5.02 Å². The first-order chi connectivity index (χ1) is 19.1. The van der Waals surface area contributed by atoms with Gasteiger partial charge in [-0.2, -0.15) is 0 Å². The Labute approximate surface area is 245 Å². The van der Waals surface area contributed by atoms with Crippen LogP contribution in [-0.4, -0.2) is 60.8 Å². The van der Waals surface area contributed by atoms with Crippen LogP contribution in [0.2, 0.25) is 5.02 Å². The van der Waals surface area contributed by atoms with Gasteiger partial charge in [-0.1, -0.05) is 29.3 Å². The number of fused-ring (bicyclic) bond motifs is 1. The van der Waals surface area contributed by atoms with Gasteiger partial charge in [0.15, 0.2) is 0 Å². The Balaban J connectivity index is 1.15. The van der Waals surface area contributed by atoms with Crippen LogP contribution >= 0.6 is 22.9 Å². The minimum absolute atomic E-state index is 0.0165. The molecule has 1 aromatic heterocycles. The number of aryl methyl sites for hydroxylation is 1. The van der Waals surface area contributed by atoms with Gasteiger partial charge in [-0.05, 0) is 70.9 Å². The quantitative estimate of drug-likeness (QED) is 0.349. The smallest absolute Gasteiger partial charge is 0.410 e. The van der Waals surface area contributed by atoms with E-state index in [0.29, 0.717) is 35.8 Å². The van der Waals surface area contributed by atoms with E-state index in [9.17, 15) is 9.59 Å². The summed E-state index contributed by atoms with van der Waals surface area (Å²) in [5, 5.41) is 4.45. The minimum atomic E-state index is -0.524. The van der Waals surface area contributed by atoms with Crippen molar-refractivity contribution in [3.63, 3.8) is 0 Å². The van der Waals surface area contributed by atoms with E-state index in [-0.39, 0.29) is 24.1 Å². The Morgan fingerprint density at radius 2 is 1.65 bits per heavy atom. The minimum Gasteiger partial charge on any atom is -0.490 e. The molecule has 2 aliphatic heterocycles. The number of carbonyl (C=O) groups is 2. The molecule has 0 saturated carbocycles. The largest absolute Gasteiger partial charge is 0.490 e. The summed E-state index contributed by atoms with van der Waals surface area (Å²) in [5.41, 5.74) is 2.01. The summed E-state index contributed by atoms with van der Waals surface area (Å²) >= 11 is 8.05. The van der Waals surface area contributed by atoms with E-state index in [4.69, 9.17) is 21.1 Å². The average molecular weight is 584 g/mol. The molecule has 2 fully saturated rings. The summed E-state index contributed by atoms with van der Waals surface area (Å²) in [7, 11) is 0. The number of nitrogens with one attached hydrogen (secondary N) is 1. The van der Waals surface area contributed by atoms with E-state index in [1.54, 1.807) is 4.90 Å². The van der Waals surface area contributed by atoms with E-state index >= 15 is 0 Å². The number of ether oxygens (including phenoxy) is 2. The third-order valence-corrected chi connectivity index (χ3v) is 9.09. The van der Waals surface area contributed by atoms with Crippen LogP contribution < -0.4 is 15.0 Å². The van der Waals surface area contributed by atoms with Crippen LogP contribution in [0.1, 0.15) is 61.7 Å². The average Bonchev–Trinajstić information content (AvgIpc) is 3.25. The van der Waals surface area contributed by atoms with Crippen molar-refractivity contribution in [2.24, 2.45) is 0 Å². The first kappa shape index (κ1) is 28.6. The maximum absolute atomic E-state index is 13.1. The summed E-state index contributed by atoms with van der Waals surface area (Å²) in [6, 6.07) is 14.6. The topological polar surface area (TPSA) is 71.1 Å². The van der Waals surface area contributed by atoms with E-state index in [1.165, 1.54) is 22.6 Å². The van der Waals surface area contributed by atoms with Gasteiger partial charge in [0.2, 0.25) is 0 Å². The molecule has 3 aromatic rings. The maximum atomic E-state index is 13.1. The Bertz CT molecular complexity index is 1350. The summed E-state index contributed by atoms with van der Waals surface area (Å²) in [5.74, 6) is 0.633. The van der Waals surface area contributed by atoms with E-state index in [1.807, 2.05) is 39.0 Å². The molecular weight excluding hydrogens is 546 g/mol. The Hall–Kier alpha value is -2.97. The van der Waals surface area contributed by atoms with Crippen molar-refractivity contribution in [2.45, 2.75) is 71.1 Å². The number of anilines is 1. The third-order valence-electron chi connectivity index (χ3n) is 7.43. The number of hydrogen-bond donors (Lipinski definition) is 1. The summed E-state index contributed by atoms with van der Waals surface area (Å²) < 4.78 is 12.8. The second-order valence-electron chi connectivity index (χ2n) is 11.8. The molecule has 0 radical (unpaired) electrons. The van der Waals surface area contributed by atoms with E-state index in [2.05, 4.69) is 41.4 Å². The Morgan fingerprint density at radius 3 is 2.30 bits per heavy atom. The van der Waals surface area contributed by atoms with Crippen LogP contribution in [0.4, 0.5) is 10.5 Å². The lowest BCUT2D eigenvalue weighted by Gasteiger charge is -2.33. The van der Waals surface area contributed by atoms with Crippen LogP contribution in [0, 0.1) is 6.92 Å². The molecule has 2 saturated heterocycles. The highest BCUT2D eigenvalue weighted by Gasteiger charge is 2.29. The highest BCUT2D eigenvalue weighted by atomic mass is 35.5. The number of benzene rings is 2. The third kappa shape index (κ3) is 6.84. The molecule has 9 heteroatoms. The molecule has 40 heavy (non-hydrogen) atoms. The van der Waals surface area contributed by atoms with Crippen LogP contribution in [0.5, 0.6) is 5.75 Å². The molecule has 2 aliphatic rings. The zero-order valence-corrected chi connectivity index (χ0v) is 25.2. The number of piperidine rings is 2. The fraction of sp³-hybridized carbons (Fsp3) is 0.484. The van der Waals surface area contributed by atoms with Crippen LogP contribution in [0.15, 0.2) is 42.5 Å². The second kappa shape index (κ2) is 11.9. The molecule has 7 nitrogen and oxygen atoms in total. The highest BCUT2D eigenvalue weighted by Crippen LogP contribution is 2.38. The number of amides is 2. The number of rotatable bonds is 5. The SMILES string of the molecule is Cc1ccc(N2CCC(Oc3ccc4c(Cl)c(C(=O)NC5CCN(C(=O)OC(C)(C)C)CC5)sc4c3)CC2)cc1. The second-order valence-corrected chi connectivity index (χ2v) is 13.2. The maximum Gasteiger partial charge on any atom is 0.410 e. The first-order valence-electron chi connectivity index (χ1n) is 14.0. The van der Waals surface area contributed by atoms with Crippen molar-refractivity contribution in [3.8, 4) is 5.75 Å². The molecule has 0 unspecified atom stereocenters. The highest BCUT2D eigenvalue weighted by molar-refractivity contribution is 7.21. The van der Waals surface area contributed by atoms with E-state index < -0.39 is 5.60 Å². The number of likely N-dealkylation sites (tertiary alicyclic amines) is 1. The standard InChI is InChI=1S/C31H38ClN3O4S/c1-20-5-7-22(8-6-20)34-17-13-23(14-18-34)38-24-9-10-25-26(19-24)40-28(27(25)32)29(36)33-21-11-15-35(16-12-21)30(37)39-31(2,3)4/h5-10,19,21,23H,11-18H2,1-4H3,(H,33,36). The van der Waals surface area contributed by atoms with Crippen LogP contribution in [0.25, 0.3) is 10.1 Å². The predicted octanol–water partition coefficient (Wildman–Crippen LogP) is 7.04. The van der Waals surface area contributed by atoms with Crippen molar-refractivity contribution in [3.05, 3.63) is 57.9 Å². The molecule has 0 spiro atoms. The van der Waals surface area contributed by atoms with Gasteiger partial charge in [0.25, 0.3) is 5.91 Å². The zero-order valence-electron chi connectivity index (χ0n) is 23.7. The molecule has 0 bridgehead atoms. The lowest BCUT2D eigenvalue weighted by molar-refractivity contribution is 0.0199. The van der Waals surface area contributed by atoms with E-state index in [0.717, 1.165) is 41.8 Å². The summed E-state index contributed by atoms with van der Waals surface area (Å²) in [6.45, 7) is 10.7.